The maximum absolute atomic E-state index is 11.8. The molecule has 0 spiro atoms. The lowest BCUT2D eigenvalue weighted by molar-refractivity contribution is 0.272. The van der Waals surface area contributed by atoms with Gasteiger partial charge in [-0.25, -0.2) is 8.42 Å². The van der Waals surface area contributed by atoms with E-state index in [2.05, 4.69) is 0 Å². The summed E-state index contributed by atoms with van der Waals surface area (Å²) in [4.78, 5) is 1.98. The van der Waals surface area contributed by atoms with E-state index in [9.17, 15) is 8.42 Å². The third kappa shape index (κ3) is 5.15. The summed E-state index contributed by atoms with van der Waals surface area (Å²) in [6.45, 7) is 4.97. The summed E-state index contributed by atoms with van der Waals surface area (Å²) in [5.41, 5.74) is 0. The predicted octanol–water partition coefficient (Wildman–Crippen LogP) is 0.827. The highest BCUT2D eigenvalue weighted by Crippen LogP contribution is 2.08. The number of halogens is 1. The van der Waals surface area contributed by atoms with E-state index in [0.29, 0.717) is 6.54 Å². The fraction of sp³-hybridized carbons (Fsp3) is 1.00. The molecule has 0 amide bonds. The average molecular weight is 257 g/mol. The normalized spacial score (nSPS) is 14.9. The number of rotatable bonds is 7. The minimum Gasteiger partial charge on any atom is -0.308 e. The van der Waals surface area contributed by atoms with Crippen LogP contribution in [0, 0.1) is 0 Å². The Morgan fingerprint density at radius 1 is 1.33 bits per heavy atom. The number of alkyl halides is 1. The van der Waals surface area contributed by atoms with Gasteiger partial charge in [-0.05, 0) is 21.0 Å². The highest BCUT2D eigenvalue weighted by atomic mass is 35.5. The van der Waals surface area contributed by atoms with Crippen LogP contribution in [0.5, 0.6) is 0 Å². The lowest BCUT2D eigenvalue weighted by Gasteiger charge is -2.28. The van der Waals surface area contributed by atoms with Gasteiger partial charge < -0.3 is 4.90 Å². The molecule has 0 fully saturated rings. The zero-order valence-corrected chi connectivity index (χ0v) is 11.5. The highest BCUT2D eigenvalue weighted by molar-refractivity contribution is 7.89. The number of hydrogen-bond acceptors (Lipinski definition) is 3. The van der Waals surface area contributed by atoms with Crippen LogP contribution in [-0.4, -0.2) is 62.5 Å². The van der Waals surface area contributed by atoms with E-state index >= 15 is 0 Å². The molecule has 0 radical (unpaired) electrons. The minimum absolute atomic E-state index is 0.0141. The van der Waals surface area contributed by atoms with Crippen molar-refractivity contribution in [2.75, 3.05) is 38.8 Å². The molecule has 0 saturated heterocycles. The summed E-state index contributed by atoms with van der Waals surface area (Å²) < 4.78 is 25.1. The third-order valence-corrected chi connectivity index (χ3v) is 4.59. The third-order valence-electron chi connectivity index (χ3n) is 2.13. The summed E-state index contributed by atoms with van der Waals surface area (Å²) in [6.07, 6.45) is 0. The SMILES string of the molecule is CCN(C(C)CN(C)C)S(=O)(=O)CCCl. The fourth-order valence-electron chi connectivity index (χ4n) is 1.62. The molecule has 0 heterocycles. The van der Waals surface area contributed by atoms with Crippen LogP contribution in [0.25, 0.3) is 0 Å². The molecular weight excluding hydrogens is 236 g/mol. The van der Waals surface area contributed by atoms with Crippen molar-refractivity contribution in [3.05, 3.63) is 0 Å². The lowest BCUT2D eigenvalue weighted by Crippen LogP contribution is -2.44. The van der Waals surface area contributed by atoms with Crippen molar-refractivity contribution in [3.8, 4) is 0 Å². The van der Waals surface area contributed by atoms with E-state index in [4.69, 9.17) is 11.6 Å². The number of sulfonamides is 1. The molecular formula is C9H21ClN2O2S. The van der Waals surface area contributed by atoms with Gasteiger partial charge in [0.1, 0.15) is 0 Å². The van der Waals surface area contributed by atoms with Gasteiger partial charge in [-0.1, -0.05) is 6.92 Å². The van der Waals surface area contributed by atoms with Crippen LogP contribution in [0.1, 0.15) is 13.8 Å². The second-order valence-electron chi connectivity index (χ2n) is 3.82. The molecule has 0 aliphatic heterocycles. The first-order chi connectivity index (χ1) is 6.85. The number of hydrogen-bond donors (Lipinski definition) is 0. The Bertz CT molecular complexity index is 267. The van der Waals surface area contributed by atoms with E-state index in [1.54, 1.807) is 0 Å². The summed E-state index contributed by atoms with van der Waals surface area (Å²) in [5.74, 6) is 0.160. The summed E-state index contributed by atoms with van der Waals surface area (Å²) in [6, 6.07) is -0.0155. The molecule has 4 nitrogen and oxygen atoms in total. The van der Waals surface area contributed by atoms with Crippen molar-refractivity contribution in [2.45, 2.75) is 19.9 Å². The Morgan fingerprint density at radius 2 is 1.87 bits per heavy atom. The van der Waals surface area contributed by atoms with Crippen LogP contribution >= 0.6 is 11.6 Å². The van der Waals surface area contributed by atoms with Crippen LogP contribution < -0.4 is 0 Å². The maximum Gasteiger partial charge on any atom is 0.215 e. The predicted molar refractivity (Wildman–Crippen MR) is 64.9 cm³/mol. The second kappa shape index (κ2) is 6.68. The van der Waals surface area contributed by atoms with Gasteiger partial charge in [0.25, 0.3) is 0 Å². The Kier molecular flexibility index (Phi) is 6.75. The van der Waals surface area contributed by atoms with E-state index < -0.39 is 10.0 Å². The summed E-state index contributed by atoms with van der Waals surface area (Å²) in [7, 11) is 0.666. The quantitative estimate of drug-likeness (QED) is 0.634. The van der Waals surface area contributed by atoms with Crippen LogP contribution in [0.3, 0.4) is 0 Å². The molecule has 0 bridgehead atoms. The van der Waals surface area contributed by atoms with E-state index in [1.807, 2.05) is 32.8 Å². The zero-order chi connectivity index (χ0) is 12.1. The Hall–Kier alpha value is 0.160. The van der Waals surface area contributed by atoms with Crippen molar-refractivity contribution in [2.24, 2.45) is 0 Å². The highest BCUT2D eigenvalue weighted by Gasteiger charge is 2.25. The van der Waals surface area contributed by atoms with Gasteiger partial charge in [-0.15, -0.1) is 11.6 Å². The molecule has 92 valence electrons. The first kappa shape index (κ1) is 15.2. The van der Waals surface area contributed by atoms with Gasteiger partial charge in [-0.2, -0.15) is 4.31 Å². The molecule has 0 saturated carbocycles. The molecule has 15 heavy (non-hydrogen) atoms. The number of nitrogens with zero attached hydrogens (tertiary/aromatic N) is 2. The van der Waals surface area contributed by atoms with Gasteiger partial charge in [-0.3, -0.25) is 0 Å². The second-order valence-corrected chi connectivity index (χ2v) is 6.24. The molecule has 0 rings (SSSR count). The van der Waals surface area contributed by atoms with E-state index in [0.717, 1.165) is 6.54 Å². The van der Waals surface area contributed by atoms with E-state index in [1.165, 1.54) is 4.31 Å². The molecule has 1 atom stereocenters. The van der Waals surface area contributed by atoms with Gasteiger partial charge in [0.05, 0.1) is 5.75 Å². The Morgan fingerprint density at radius 3 is 2.20 bits per heavy atom. The Labute approximate surface area is 98.2 Å². The Balaban J connectivity index is 4.60. The van der Waals surface area contributed by atoms with Crippen molar-refractivity contribution in [1.29, 1.82) is 0 Å². The van der Waals surface area contributed by atoms with Crippen LogP contribution in [0.4, 0.5) is 0 Å². The first-order valence-electron chi connectivity index (χ1n) is 5.05. The van der Waals surface area contributed by atoms with Crippen molar-refractivity contribution >= 4 is 21.6 Å². The maximum atomic E-state index is 11.8. The van der Waals surface area contributed by atoms with Crippen molar-refractivity contribution < 1.29 is 8.42 Å². The molecule has 1 unspecified atom stereocenters. The van der Waals surface area contributed by atoms with Crippen LogP contribution in [0.15, 0.2) is 0 Å². The average Bonchev–Trinajstić information content (AvgIpc) is 2.02. The number of likely N-dealkylation sites (N-methyl/N-ethyl adjacent to an activating group) is 2. The molecule has 0 aromatic rings. The zero-order valence-electron chi connectivity index (χ0n) is 9.90. The smallest absolute Gasteiger partial charge is 0.215 e. The molecule has 0 aliphatic carbocycles. The summed E-state index contributed by atoms with van der Waals surface area (Å²) in [5, 5.41) is 0. The molecule has 0 aromatic heterocycles. The molecule has 6 heteroatoms. The largest absolute Gasteiger partial charge is 0.308 e. The monoisotopic (exact) mass is 256 g/mol. The molecule has 0 aromatic carbocycles. The fourth-order valence-corrected chi connectivity index (χ4v) is 3.64. The van der Waals surface area contributed by atoms with Crippen molar-refractivity contribution in [1.82, 2.24) is 9.21 Å². The standard InChI is InChI=1S/C9H21ClN2O2S/c1-5-12(9(2)8-11(3)4)15(13,14)7-6-10/h9H,5-8H2,1-4H3. The lowest BCUT2D eigenvalue weighted by atomic mass is 10.3. The van der Waals surface area contributed by atoms with Gasteiger partial charge >= 0.3 is 0 Å². The van der Waals surface area contributed by atoms with Gasteiger partial charge in [0.2, 0.25) is 10.0 Å². The van der Waals surface area contributed by atoms with Crippen LogP contribution in [-0.2, 0) is 10.0 Å². The topological polar surface area (TPSA) is 40.6 Å². The minimum atomic E-state index is -3.19. The van der Waals surface area contributed by atoms with Gasteiger partial charge in [0.15, 0.2) is 0 Å². The van der Waals surface area contributed by atoms with Crippen LogP contribution in [0.2, 0.25) is 0 Å². The van der Waals surface area contributed by atoms with E-state index in [-0.39, 0.29) is 17.7 Å². The summed E-state index contributed by atoms with van der Waals surface area (Å²) >= 11 is 5.48. The molecule has 0 N–H and O–H groups in total. The molecule has 0 aliphatic rings. The van der Waals surface area contributed by atoms with Gasteiger partial charge in [0, 0.05) is 25.0 Å². The van der Waals surface area contributed by atoms with Crippen molar-refractivity contribution in [3.63, 3.8) is 0 Å². The first-order valence-corrected chi connectivity index (χ1v) is 7.19.